The van der Waals surface area contributed by atoms with Gasteiger partial charge in [-0.25, -0.2) is 0 Å². The molecule has 0 spiro atoms. The third-order valence-corrected chi connectivity index (χ3v) is 4.08. The lowest BCUT2D eigenvalue weighted by atomic mass is 10.0. The van der Waals surface area contributed by atoms with E-state index < -0.39 is 4.92 Å². The van der Waals surface area contributed by atoms with Crippen LogP contribution in [0.2, 0.25) is 0 Å². The molecule has 0 heterocycles. The molecule has 27 heavy (non-hydrogen) atoms. The number of rotatable bonds is 6. The molecule has 6 heteroatoms. The smallest absolute Gasteiger partial charge is 0.293 e. The summed E-state index contributed by atoms with van der Waals surface area (Å²) in [6.45, 7) is 1.76. The predicted octanol–water partition coefficient (Wildman–Crippen LogP) is 4.62. The highest BCUT2D eigenvalue weighted by Crippen LogP contribution is 2.28. The zero-order valence-corrected chi connectivity index (χ0v) is 14.8. The van der Waals surface area contributed by atoms with Gasteiger partial charge in [-0.05, 0) is 30.2 Å². The number of carbonyl (C=O) groups excluding carboxylic acids is 1. The van der Waals surface area contributed by atoms with Gasteiger partial charge >= 0.3 is 0 Å². The third-order valence-electron chi connectivity index (χ3n) is 4.08. The first-order valence-electron chi connectivity index (χ1n) is 8.48. The monoisotopic (exact) mass is 361 g/mol. The van der Waals surface area contributed by atoms with E-state index in [1.54, 1.807) is 19.1 Å². The van der Waals surface area contributed by atoms with E-state index in [9.17, 15) is 14.9 Å². The number of hydrogen-bond donors (Lipinski definition) is 2. The van der Waals surface area contributed by atoms with E-state index >= 15 is 0 Å². The van der Waals surface area contributed by atoms with Crippen LogP contribution in [0.25, 0.3) is 11.1 Å². The molecule has 0 saturated heterocycles. The Morgan fingerprint density at radius 3 is 2.41 bits per heavy atom. The van der Waals surface area contributed by atoms with E-state index in [-0.39, 0.29) is 23.8 Å². The molecule has 0 unspecified atom stereocenters. The number of nitrogens with zero attached hydrogens (tertiary/aromatic N) is 1. The van der Waals surface area contributed by atoms with Crippen LogP contribution in [0.4, 0.5) is 17.1 Å². The Hall–Kier alpha value is -3.67. The van der Waals surface area contributed by atoms with Gasteiger partial charge in [0.05, 0.1) is 11.5 Å². The highest BCUT2D eigenvalue weighted by Gasteiger charge is 2.16. The molecule has 3 aromatic carbocycles. The fourth-order valence-electron chi connectivity index (χ4n) is 2.78. The summed E-state index contributed by atoms with van der Waals surface area (Å²) >= 11 is 0. The van der Waals surface area contributed by atoms with Gasteiger partial charge in [0, 0.05) is 17.3 Å². The molecule has 0 saturated carbocycles. The van der Waals surface area contributed by atoms with Crippen molar-refractivity contribution in [3.63, 3.8) is 0 Å². The lowest BCUT2D eigenvalue weighted by Gasteiger charge is -2.12. The predicted molar refractivity (Wildman–Crippen MR) is 107 cm³/mol. The number of anilines is 2. The average molecular weight is 361 g/mol. The molecule has 0 fully saturated rings. The van der Waals surface area contributed by atoms with Crippen molar-refractivity contribution >= 4 is 23.0 Å². The maximum Gasteiger partial charge on any atom is 0.293 e. The van der Waals surface area contributed by atoms with Crippen molar-refractivity contribution in [1.29, 1.82) is 0 Å². The van der Waals surface area contributed by atoms with Crippen LogP contribution in [0, 0.1) is 17.0 Å². The van der Waals surface area contributed by atoms with Crippen molar-refractivity contribution in [1.82, 2.24) is 0 Å². The SMILES string of the molecule is Cc1ccc(NC(=O)CNc2ccccc2-c2ccccc2)c([N+](=O)[O-])c1. The molecule has 0 aliphatic carbocycles. The van der Waals surface area contributed by atoms with Crippen molar-refractivity contribution in [2.75, 3.05) is 17.2 Å². The quantitative estimate of drug-likeness (QED) is 0.495. The molecule has 0 aromatic heterocycles. The number of amides is 1. The zero-order valence-electron chi connectivity index (χ0n) is 14.8. The summed E-state index contributed by atoms with van der Waals surface area (Å²) in [5.41, 5.74) is 3.66. The van der Waals surface area contributed by atoms with E-state index in [0.717, 1.165) is 22.4 Å². The summed E-state index contributed by atoms with van der Waals surface area (Å²) in [6, 6.07) is 22.2. The Morgan fingerprint density at radius 1 is 0.963 bits per heavy atom. The highest BCUT2D eigenvalue weighted by atomic mass is 16.6. The molecule has 6 nitrogen and oxygen atoms in total. The number of hydrogen-bond acceptors (Lipinski definition) is 4. The Labute approximate surface area is 157 Å². The van der Waals surface area contributed by atoms with Crippen LogP contribution in [0.1, 0.15) is 5.56 Å². The average Bonchev–Trinajstić information content (AvgIpc) is 2.68. The molecular formula is C21H19N3O3. The molecule has 3 aromatic rings. The van der Waals surface area contributed by atoms with Gasteiger partial charge in [-0.3, -0.25) is 14.9 Å². The van der Waals surface area contributed by atoms with Gasteiger partial charge in [0.2, 0.25) is 5.91 Å². The van der Waals surface area contributed by atoms with E-state index in [0.29, 0.717) is 0 Å². The number of nitro groups is 1. The van der Waals surface area contributed by atoms with Crippen molar-refractivity contribution in [3.8, 4) is 11.1 Å². The van der Waals surface area contributed by atoms with Gasteiger partial charge < -0.3 is 10.6 Å². The van der Waals surface area contributed by atoms with Crippen LogP contribution < -0.4 is 10.6 Å². The standard InChI is InChI=1S/C21H19N3O3/c1-15-11-12-19(20(13-15)24(26)27)23-21(25)14-22-18-10-6-5-9-17(18)16-7-3-2-4-8-16/h2-13,22H,14H2,1H3,(H,23,25). The third kappa shape index (κ3) is 4.49. The first-order valence-corrected chi connectivity index (χ1v) is 8.48. The van der Waals surface area contributed by atoms with Gasteiger partial charge in [-0.2, -0.15) is 0 Å². The van der Waals surface area contributed by atoms with E-state index in [4.69, 9.17) is 0 Å². The fourth-order valence-corrected chi connectivity index (χ4v) is 2.78. The van der Waals surface area contributed by atoms with E-state index in [1.165, 1.54) is 6.07 Å². The normalized spacial score (nSPS) is 10.3. The van der Waals surface area contributed by atoms with Crippen molar-refractivity contribution < 1.29 is 9.72 Å². The van der Waals surface area contributed by atoms with Crippen molar-refractivity contribution in [2.24, 2.45) is 0 Å². The summed E-state index contributed by atoms with van der Waals surface area (Å²) in [7, 11) is 0. The Bertz CT molecular complexity index is 971. The largest absolute Gasteiger partial charge is 0.376 e. The molecule has 0 radical (unpaired) electrons. The summed E-state index contributed by atoms with van der Waals surface area (Å²) in [5, 5.41) is 16.9. The van der Waals surface area contributed by atoms with Gasteiger partial charge in [0.25, 0.3) is 5.69 Å². The Kier molecular flexibility index (Phi) is 5.47. The van der Waals surface area contributed by atoms with Gasteiger partial charge in [-0.15, -0.1) is 0 Å². The lowest BCUT2D eigenvalue weighted by molar-refractivity contribution is -0.384. The summed E-state index contributed by atoms with van der Waals surface area (Å²) in [6.07, 6.45) is 0. The molecule has 136 valence electrons. The van der Waals surface area contributed by atoms with Crippen LogP contribution in [0.3, 0.4) is 0 Å². The molecule has 0 aliphatic heterocycles. The minimum Gasteiger partial charge on any atom is -0.376 e. The van der Waals surface area contributed by atoms with Crippen molar-refractivity contribution in [3.05, 3.63) is 88.5 Å². The second-order valence-corrected chi connectivity index (χ2v) is 6.09. The van der Waals surface area contributed by atoms with E-state index in [1.807, 2.05) is 54.6 Å². The van der Waals surface area contributed by atoms with Crippen molar-refractivity contribution in [2.45, 2.75) is 6.92 Å². The lowest BCUT2D eigenvalue weighted by Crippen LogP contribution is -2.22. The van der Waals surface area contributed by atoms with Crippen LogP contribution >= 0.6 is 0 Å². The minimum absolute atomic E-state index is 0.00508. The number of para-hydroxylation sites is 1. The molecule has 0 bridgehead atoms. The number of nitro benzene ring substituents is 1. The maximum atomic E-state index is 12.3. The van der Waals surface area contributed by atoms with Gasteiger partial charge in [0.15, 0.2) is 0 Å². The maximum absolute atomic E-state index is 12.3. The number of benzene rings is 3. The number of carbonyl (C=O) groups is 1. The summed E-state index contributed by atoms with van der Waals surface area (Å²) in [5.74, 6) is -0.357. The first-order chi connectivity index (χ1) is 13.0. The van der Waals surface area contributed by atoms with Gasteiger partial charge in [-0.1, -0.05) is 54.6 Å². The van der Waals surface area contributed by atoms with Crippen LogP contribution in [0.5, 0.6) is 0 Å². The number of nitrogens with one attached hydrogen (secondary N) is 2. The number of aryl methyl sites for hydroxylation is 1. The molecule has 2 N–H and O–H groups in total. The van der Waals surface area contributed by atoms with E-state index in [2.05, 4.69) is 10.6 Å². The Balaban J connectivity index is 1.72. The molecule has 3 rings (SSSR count). The molecule has 1 amide bonds. The zero-order chi connectivity index (χ0) is 19.2. The first kappa shape index (κ1) is 18.1. The van der Waals surface area contributed by atoms with Crippen LogP contribution in [-0.4, -0.2) is 17.4 Å². The molecular weight excluding hydrogens is 342 g/mol. The minimum atomic E-state index is -0.499. The summed E-state index contributed by atoms with van der Waals surface area (Å²) < 4.78 is 0. The highest BCUT2D eigenvalue weighted by molar-refractivity contribution is 5.96. The van der Waals surface area contributed by atoms with Gasteiger partial charge in [0.1, 0.15) is 5.69 Å². The second-order valence-electron chi connectivity index (χ2n) is 6.09. The second kappa shape index (κ2) is 8.14. The molecule has 0 atom stereocenters. The topological polar surface area (TPSA) is 84.3 Å². The van der Waals surface area contributed by atoms with Crippen LogP contribution in [-0.2, 0) is 4.79 Å². The summed E-state index contributed by atoms with van der Waals surface area (Å²) in [4.78, 5) is 23.0. The fraction of sp³-hybridized carbons (Fsp3) is 0.0952. The van der Waals surface area contributed by atoms with Crippen LogP contribution in [0.15, 0.2) is 72.8 Å². The molecule has 0 aliphatic rings. The Morgan fingerprint density at radius 2 is 1.67 bits per heavy atom.